The fraction of sp³-hybridized carbons (Fsp3) is 0.200. The number of nitrogen functional groups attached to an aromatic ring is 1. The lowest BCUT2D eigenvalue weighted by Crippen LogP contribution is -2.08. The van der Waals surface area contributed by atoms with Crippen LogP contribution in [-0.4, -0.2) is 38.5 Å². The molecule has 26 heavy (non-hydrogen) atoms. The summed E-state index contributed by atoms with van der Waals surface area (Å²) in [5, 5.41) is 3.97. The maximum Gasteiger partial charge on any atom is 0.296 e. The number of carbonyl (C=O) groups excluding carboxylic acids is 1. The standard InChI is InChI=1S/C11H9N5O3S.C4H9NO/c12-11-14-10-2-1-7(6-16(10)15-11)8-3-9(5-13-4-8)20(17,18)19;1-2-3-4(5)6/h1-6H,(H2,12,15)(H,17,18,19);2-3H2,1H3,(H2,5,6). The van der Waals surface area contributed by atoms with Crippen LogP contribution in [0.3, 0.4) is 0 Å². The van der Waals surface area contributed by atoms with Gasteiger partial charge >= 0.3 is 0 Å². The van der Waals surface area contributed by atoms with E-state index in [2.05, 4.69) is 15.1 Å². The summed E-state index contributed by atoms with van der Waals surface area (Å²) < 4.78 is 32.7. The first-order valence-electron chi connectivity index (χ1n) is 7.54. The Labute approximate surface area is 149 Å². The summed E-state index contributed by atoms with van der Waals surface area (Å²) in [6.07, 6.45) is 5.57. The van der Waals surface area contributed by atoms with Gasteiger partial charge in [0.25, 0.3) is 10.1 Å². The molecule has 0 bridgehead atoms. The molecule has 0 fully saturated rings. The highest BCUT2D eigenvalue weighted by atomic mass is 32.2. The summed E-state index contributed by atoms with van der Waals surface area (Å²) in [5.74, 6) is -0.0653. The van der Waals surface area contributed by atoms with Gasteiger partial charge in [-0.25, -0.2) is 4.52 Å². The van der Waals surface area contributed by atoms with Crippen LogP contribution in [0.1, 0.15) is 19.8 Å². The first-order chi connectivity index (χ1) is 12.2. The number of hydrogen-bond donors (Lipinski definition) is 3. The van der Waals surface area contributed by atoms with E-state index in [0.29, 0.717) is 23.2 Å². The second-order valence-corrected chi connectivity index (χ2v) is 6.71. The smallest absolute Gasteiger partial charge is 0.296 e. The number of aromatic nitrogens is 4. The predicted molar refractivity (Wildman–Crippen MR) is 94.5 cm³/mol. The average molecular weight is 378 g/mol. The number of hydrogen-bond acceptors (Lipinski definition) is 7. The van der Waals surface area contributed by atoms with E-state index in [4.69, 9.17) is 16.0 Å². The number of primary amides is 1. The van der Waals surface area contributed by atoms with Crippen LogP contribution in [0.15, 0.2) is 41.7 Å². The summed E-state index contributed by atoms with van der Waals surface area (Å²) in [4.78, 5) is 17.3. The predicted octanol–water partition coefficient (Wildman–Crippen LogP) is 0.892. The number of rotatable bonds is 4. The zero-order chi connectivity index (χ0) is 19.3. The van der Waals surface area contributed by atoms with E-state index in [1.807, 2.05) is 6.92 Å². The normalized spacial score (nSPS) is 11.0. The van der Waals surface area contributed by atoms with Crippen molar-refractivity contribution in [3.8, 4) is 11.1 Å². The monoisotopic (exact) mass is 378 g/mol. The van der Waals surface area contributed by atoms with E-state index in [9.17, 15) is 13.2 Å². The van der Waals surface area contributed by atoms with E-state index in [1.54, 1.807) is 18.3 Å². The van der Waals surface area contributed by atoms with Gasteiger partial charge in [0, 0.05) is 36.1 Å². The maximum atomic E-state index is 11.1. The lowest BCUT2D eigenvalue weighted by molar-refractivity contribution is -0.118. The van der Waals surface area contributed by atoms with Crippen LogP contribution in [-0.2, 0) is 14.9 Å². The molecule has 0 aromatic carbocycles. The number of nitrogens with two attached hydrogens (primary N) is 2. The molecule has 0 aliphatic rings. The zero-order valence-electron chi connectivity index (χ0n) is 13.9. The first kappa shape index (κ1) is 19.3. The van der Waals surface area contributed by atoms with Gasteiger partial charge in [-0.05, 0) is 24.6 Å². The quantitative estimate of drug-likeness (QED) is 0.563. The fourth-order valence-electron chi connectivity index (χ4n) is 2.04. The van der Waals surface area contributed by atoms with Crippen molar-refractivity contribution in [3.05, 3.63) is 36.8 Å². The highest BCUT2D eigenvalue weighted by Crippen LogP contribution is 2.21. The number of amides is 1. The molecule has 0 saturated heterocycles. The van der Waals surface area contributed by atoms with E-state index in [1.165, 1.54) is 16.8 Å². The van der Waals surface area contributed by atoms with E-state index < -0.39 is 10.1 Å². The molecule has 10 nitrogen and oxygen atoms in total. The summed E-state index contributed by atoms with van der Waals surface area (Å²) in [5.41, 5.74) is 12.0. The lowest BCUT2D eigenvalue weighted by Gasteiger charge is -2.03. The van der Waals surface area contributed by atoms with E-state index >= 15 is 0 Å². The molecule has 3 aromatic rings. The molecular weight excluding hydrogens is 360 g/mol. The topological polar surface area (TPSA) is 167 Å². The second-order valence-electron chi connectivity index (χ2n) is 5.29. The molecule has 138 valence electrons. The van der Waals surface area contributed by atoms with Crippen molar-refractivity contribution in [1.82, 2.24) is 19.6 Å². The van der Waals surface area contributed by atoms with Crippen LogP contribution in [0.4, 0.5) is 5.95 Å². The van der Waals surface area contributed by atoms with Gasteiger partial charge in [-0.1, -0.05) is 6.92 Å². The van der Waals surface area contributed by atoms with Gasteiger partial charge in [-0.2, -0.15) is 13.4 Å². The Hall–Kier alpha value is -3.05. The molecule has 3 rings (SSSR count). The minimum absolute atomic E-state index is 0.145. The van der Waals surface area contributed by atoms with Crippen LogP contribution in [0.2, 0.25) is 0 Å². The molecule has 0 aliphatic carbocycles. The molecule has 1 amide bonds. The Bertz CT molecular complexity index is 1030. The molecule has 0 radical (unpaired) electrons. The molecule has 11 heteroatoms. The zero-order valence-corrected chi connectivity index (χ0v) is 14.7. The molecule has 0 aliphatic heterocycles. The Morgan fingerprint density at radius 2 is 2.00 bits per heavy atom. The third kappa shape index (κ3) is 4.97. The van der Waals surface area contributed by atoms with Crippen molar-refractivity contribution >= 4 is 27.6 Å². The highest BCUT2D eigenvalue weighted by Gasteiger charge is 2.12. The van der Waals surface area contributed by atoms with Crippen molar-refractivity contribution < 1.29 is 17.8 Å². The number of anilines is 1. The van der Waals surface area contributed by atoms with Gasteiger partial charge in [0.05, 0.1) is 0 Å². The molecule has 0 saturated carbocycles. The highest BCUT2D eigenvalue weighted by molar-refractivity contribution is 7.85. The van der Waals surface area contributed by atoms with Crippen molar-refractivity contribution in [3.63, 3.8) is 0 Å². The molecular formula is C15H18N6O4S. The Kier molecular flexibility index (Phi) is 5.85. The summed E-state index contributed by atoms with van der Waals surface area (Å²) in [6, 6.07) is 4.75. The molecule has 5 N–H and O–H groups in total. The van der Waals surface area contributed by atoms with Crippen molar-refractivity contribution in [2.75, 3.05) is 5.73 Å². The van der Waals surface area contributed by atoms with Crippen LogP contribution in [0.5, 0.6) is 0 Å². The van der Waals surface area contributed by atoms with Gasteiger partial charge in [0.2, 0.25) is 11.9 Å². The van der Waals surface area contributed by atoms with Gasteiger partial charge in [0.1, 0.15) is 4.90 Å². The number of carbonyl (C=O) groups is 1. The van der Waals surface area contributed by atoms with Gasteiger partial charge < -0.3 is 11.5 Å². The summed E-state index contributed by atoms with van der Waals surface area (Å²) in [6.45, 7) is 1.92. The first-order valence-corrected chi connectivity index (χ1v) is 8.98. The minimum Gasteiger partial charge on any atom is -0.370 e. The Balaban J connectivity index is 0.000000352. The lowest BCUT2D eigenvalue weighted by atomic mass is 10.1. The van der Waals surface area contributed by atoms with Crippen molar-refractivity contribution in [2.45, 2.75) is 24.7 Å². The third-order valence-corrected chi connectivity index (χ3v) is 4.01. The molecule has 0 spiro atoms. The molecule has 3 aromatic heterocycles. The average Bonchev–Trinajstić information content (AvgIpc) is 2.93. The van der Waals surface area contributed by atoms with Crippen LogP contribution >= 0.6 is 0 Å². The van der Waals surface area contributed by atoms with E-state index in [0.717, 1.165) is 12.6 Å². The largest absolute Gasteiger partial charge is 0.370 e. The Morgan fingerprint density at radius 1 is 1.27 bits per heavy atom. The second kappa shape index (κ2) is 7.89. The summed E-state index contributed by atoms with van der Waals surface area (Å²) in [7, 11) is -4.29. The number of nitrogens with zero attached hydrogens (tertiary/aromatic N) is 4. The van der Waals surface area contributed by atoms with E-state index in [-0.39, 0.29) is 16.8 Å². The SMILES string of the molecule is CCCC(N)=O.Nc1nc2ccc(-c3cncc(S(=O)(=O)O)c3)cn2n1. The van der Waals surface area contributed by atoms with Gasteiger partial charge in [-0.15, -0.1) is 5.10 Å². The minimum atomic E-state index is -4.29. The fourth-order valence-corrected chi connectivity index (χ4v) is 2.51. The Morgan fingerprint density at radius 3 is 2.58 bits per heavy atom. The van der Waals surface area contributed by atoms with Crippen molar-refractivity contribution in [2.24, 2.45) is 5.73 Å². The van der Waals surface area contributed by atoms with Crippen LogP contribution in [0.25, 0.3) is 16.8 Å². The van der Waals surface area contributed by atoms with Crippen LogP contribution in [0, 0.1) is 0 Å². The number of fused-ring (bicyclic) bond motifs is 1. The van der Waals surface area contributed by atoms with Crippen molar-refractivity contribution in [1.29, 1.82) is 0 Å². The number of pyridine rings is 2. The van der Waals surface area contributed by atoms with Gasteiger partial charge in [0.15, 0.2) is 5.65 Å². The summed E-state index contributed by atoms with van der Waals surface area (Å²) >= 11 is 0. The molecule has 0 atom stereocenters. The van der Waals surface area contributed by atoms with Gasteiger partial charge in [-0.3, -0.25) is 14.3 Å². The van der Waals surface area contributed by atoms with Crippen LogP contribution < -0.4 is 11.5 Å². The molecule has 3 heterocycles. The maximum absolute atomic E-state index is 11.1. The molecule has 0 unspecified atom stereocenters. The third-order valence-electron chi connectivity index (χ3n) is 3.19.